The van der Waals surface area contributed by atoms with Crippen molar-refractivity contribution in [1.29, 1.82) is 0 Å². The molecule has 0 saturated carbocycles. The first-order valence-corrected chi connectivity index (χ1v) is 10.5. The molecule has 0 aliphatic rings. The molecule has 28 heavy (non-hydrogen) atoms. The molecule has 2 aromatic heterocycles. The highest BCUT2D eigenvalue weighted by atomic mass is 32.2. The molecule has 150 valence electrons. The van der Waals surface area contributed by atoms with Crippen molar-refractivity contribution in [3.63, 3.8) is 0 Å². The number of nitrogens with one attached hydrogen (secondary N) is 1. The summed E-state index contributed by atoms with van der Waals surface area (Å²) in [5, 5.41) is 13.6. The SMILES string of the molecule is CC(C)C[C@H](CO)Nc1nc(SCc2c(F)cccc2F)nc2nc(N)sc12. The number of thiazole rings is 1. The number of nitrogen functional groups attached to an aromatic ring is 1. The predicted molar refractivity (Wildman–Crippen MR) is 109 cm³/mol. The van der Waals surface area contributed by atoms with Gasteiger partial charge in [0.05, 0.1) is 12.6 Å². The topological polar surface area (TPSA) is 97.0 Å². The van der Waals surface area contributed by atoms with Crippen LogP contribution >= 0.6 is 23.1 Å². The molecule has 1 atom stereocenters. The van der Waals surface area contributed by atoms with Gasteiger partial charge in [-0.2, -0.15) is 0 Å². The summed E-state index contributed by atoms with van der Waals surface area (Å²) in [5.41, 5.74) is 6.20. The molecule has 4 N–H and O–H groups in total. The van der Waals surface area contributed by atoms with E-state index in [9.17, 15) is 13.9 Å². The van der Waals surface area contributed by atoms with E-state index in [0.717, 1.165) is 18.2 Å². The summed E-state index contributed by atoms with van der Waals surface area (Å²) in [6, 6.07) is 3.57. The summed E-state index contributed by atoms with van der Waals surface area (Å²) in [4.78, 5) is 13.0. The maximum absolute atomic E-state index is 13.9. The monoisotopic (exact) mass is 425 g/mol. The zero-order valence-corrected chi connectivity index (χ0v) is 17.1. The fraction of sp³-hybridized carbons (Fsp3) is 0.389. The Morgan fingerprint density at radius 2 is 1.93 bits per heavy atom. The fourth-order valence-corrected chi connectivity index (χ4v) is 4.31. The Morgan fingerprint density at radius 3 is 2.57 bits per heavy atom. The Hall–Kier alpha value is -2.04. The van der Waals surface area contributed by atoms with E-state index in [2.05, 4.69) is 34.1 Å². The van der Waals surface area contributed by atoms with E-state index in [4.69, 9.17) is 5.73 Å². The third-order valence-electron chi connectivity index (χ3n) is 3.97. The van der Waals surface area contributed by atoms with Crippen LogP contribution in [0.4, 0.5) is 19.7 Å². The number of benzene rings is 1. The van der Waals surface area contributed by atoms with Crippen molar-refractivity contribution in [2.45, 2.75) is 37.2 Å². The fourth-order valence-electron chi connectivity index (χ4n) is 2.73. The smallest absolute Gasteiger partial charge is 0.191 e. The van der Waals surface area contributed by atoms with Crippen molar-refractivity contribution in [2.24, 2.45) is 5.92 Å². The van der Waals surface area contributed by atoms with Crippen LogP contribution in [0.5, 0.6) is 0 Å². The minimum absolute atomic E-state index is 0.0310. The lowest BCUT2D eigenvalue weighted by atomic mass is 10.0. The van der Waals surface area contributed by atoms with Crippen LogP contribution in [-0.2, 0) is 5.75 Å². The number of thioether (sulfide) groups is 1. The minimum Gasteiger partial charge on any atom is -0.394 e. The normalized spacial score (nSPS) is 12.6. The molecule has 0 radical (unpaired) electrons. The Morgan fingerprint density at radius 1 is 1.21 bits per heavy atom. The van der Waals surface area contributed by atoms with Gasteiger partial charge in [0.15, 0.2) is 21.8 Å². The molecule has 3 aromatic rings. The van der Waals surface area contributed by atoms with E-state index in [-0.39, 0.29) is 24.0 Å². The number of halogens is 2. The third-order valence-corrected chi connectivity index (χ3v) is 5.73. The first kappa shape index (κ1) is 20.7. The molecule has 0 aliphatic heterocycles. The summed E-state index contributed by atoms with van der Waals surface area (Å²) >= 11 is 2.35. The number of anilines is 2. The van der Waals surface area contributed by atoms with Crippen molar-refractivity contribution in [2.75, 3.05) is 17.7 Å². The largest absolute Gasteiger partial charge is 0.394 e. The van der Waals surface area contributed by atoms with Crippen LogP contribution in [0, 0.1) is 17.6 Å². The number of aromatic nitrogens is 3. The number of hydrogen-bond donors (Lipinski definition) is 3. The summed E-state index contributed by atoms with van der Waals surface area (Å²) in [5.74, 6) is -0.288. The summed E-state index contributed by atoms with van der Waals surface area (Å²) in [7, 11) is 0. The minimum atomic E-state index is -0.609. The molecule has 2 heterocycles. The molecule has 0 spiro atoms. The van der Waals surface area contributed by atoms with Gasteiger partial charge in [-0.05, 0) is 24.5 Å². The first-order valence-electron chi connectivity index (χ1n) is 8.74. The van der Waals surface area contributed by atoms with Gasteiger partial charge in [-0.25, -0.2) is 23.7 Å². The van der Waals surface area contributed by atoms with E-state index >= 15 is 0 Å². The number of fused-ring (bicyclic) bond motifs is 1. The van der Waals surface area contributed by atoms with E-state index in [1.165, 1.54) is 29.5 Å². The Labute approximate surface area is 169 Å². The number of hydrogen-bond acceptors (Lipinski definition) is 8. The van der Waals surface area contributed by atoms with Gasteiger partial charge < -0.3 is 16.2 Å². The number of nitrogens with zero attached hydrogens (tertiary/aromatic N) is 3. The first-order chi connectivity index (χ1) is 13.4. The predicted octanol–water partition coefficient (Wildman–Crippen LogP) is 4.06. The highest BCUT2D eigenvalue weighted by molar-refractivity contribution is 7.98. The van der Waals surface area contributed by atoms with Crippen LogP contribution < -0.4 is 11.1 Å². The van der Waals surface area contributed by atoms with Gasteiger partial charge in [0.25, 0.3) is 0 Å². The molecule has 0 amide bonds. The van der Waals surface area contributed by atoms with Crippen LogP contribution in [0.1, 0.15) is 25.8 Å². The van der Waals surface area contributed by atoms with Gasteiger partial charge in [-0.1, -0.05) is 43.0 Å². The van der Waals surface area contributed by atoms with Crippen LogP contribution in [0.3, 0.4) is 0 Å². The molecule has 10 heteroatoms. The second-order valence-electron chi connectivity index (χ2n) is 6.70. The quantitative estimate of drug-likeness (QED) is 0.370. The molecule has 0 saturated heterocycles. The van der Waals surface area contributed by atoms with Crippen molar-refractivity contribution < 1.29 is 13.9 Å². The summed E-state index contributed by atoms with van der Waals surface area (Å²) < 4.78 is 28.4. The lowest BCUT2D eigenvalue weighted by Crippen LogP contribution is -2.26. The second-order valence-corrected chi connectivity index (χ2v) is 8.68. The second kappa shape index (κ2) is 8.97. The van der Waals surface area contributed by atoms with E-state index < -0.39 is 11.6 Å². The van der Waals surface area contributed by atoms with E-state index in [1.807, 2.05) is 0 Å². The Bertz CT molecular complexity index is 946. The molecule has 0 fully saturated rings. The third kappa shape index (κ3) is 4.86. The maximum atomic E-state index is 13.9. The molecule has 3 rings (SSSR count). The molecule has 0 aliphatic carbocycles. The van der Waals surface area contributed by atoms with Gasteiger partial charge in [0.2, 0.25) is 0 Å². The average Bonchev–Trinajstić information content (AvgIpc) is 3.00. The Kier molecular flexibility index (Phi) is 6.63. The molecule has 0 bridgehead atoms. The summed E-state index contributed by atoms with van der Waals surface area (Å²) in [6.07, 6.45) is 0.749. The number of rotatable bonds is 8. The molecular weight excluding hydrogens is 404 g/mol. The van der Waals surface area contributed by atoms with Crippen molar-refractivity contribution in [3.05, 3.63) is 35.4 Å². The standard InChI is InChI=1S/C18H21F2N5OS2/c1-9(2)6-10(7-26)22-15-14-16(23-17(21)28-14)25-18(24-15)27-8-11-12(19)4-3-5-13(11)20/h3-5,9-10,26H,6-8H2,1-2H3,(H3,21,22,23,24,25)/t10-/m1/s1. The number of aliphatic hydroxyl groups excluding tert-OH is 1. The van der Waals surface area contributed by atoms with Crippen molar-refractivity contribution >= 4 is 44.4 Å². The molecular formula is C18H21F2N5OS2. The lowest BCUT2D eigenvalue weighted by molar-refractivity contribution is 0.259. The van der Waals surface area contributed by atoms with Crippen LogP contribution in [0.25, 0.3) is 10.3 Å². The molecule has 0 unspecified atom stereocenters. The van der Waals surface area contributed by atoms with Crippen LogP contribution in [0.2, 0.25) is 0 Å². The molecule has 1 aromatic carbocycles. The van der Waals surface area contributed by atoms with Crippen molar-refractivity contribution in [3.8, 4) is 0 Å². The zero-order valence-electron chi connectivity index (χ0n) is 15.4. The van der Waals surface area contributed by atoms with Crippen LogP contribution in [-0.4, -0.2) is 32.7 Å². The van der Waals surface area contributed by atoms with Crippen LogP contribution in [0.15, 0.2) is 23.4 Å². The average molecular weight is 426 g/mol. The van der Waals surface area contributed by atoms with Crippen molar-refractivity contribution in [1.82, 2.24) is 15.0 Å². The highest BCUT2D eigenvalue weighted by Gasteiger charge is 2.18. The summed E-state index contributed by atoms with van der Waals surface area (Å²) in [6.45, 7) is 4.07. The van der Waals surface area contributed by atoms with E-state index in [1.54, 1.807) is 0 Å². The lowest BCUT2D eigenvalue weighted by Gasteiger charge is -2.19. The van der Waals surface area contributed by atoms with Gasteiger partial charge >= 0.3 is 0 Å². The van der Waals surface area contributed by atoms with Gasteiger partial charge in [-0.15, -0.1) is 0 Å². The maximum Gasteiger partial charge on any atom is 0.191 e. The zero-order chi connectivity index (χ0) is 20.3. The van der Waals surface area contributed by atoms with Gasteiger partial charge in [0.1, 0.15) is 16.3 Å². The van der Waals surface area contributed by atoms with Gasteiger partial charge in [-0.3, -0.25) is 0 Å². The number of nitrogens with two attached hydrogens (primary N) is 1. The van der Waals surface area contributed by atoms with Gasteiger partial charge in [0, 0.05) is 11.3 Å². The highest BCUT2D eigenvalue weighted by Crippen LogP contribution is 2.32. The Balaban J connectivity index is 1.89. The molecule has 6 nitrogen and oxygen atoms in total. The van der Waals surface area contributed by atoms with E-state index in [0.29, 0.717) is 32.4 Å². The number of aliphatic hydroxyl groups is 1.